The van der Waals surface area contributed by atoms with E-state index in [1.807, 2.05) is 6.92 Å². The van der Waals surface area contributed by atoms with Crippen molar-refractivity contribution in [3.05, 3.63) is 59.7 Å². The predicted molar refractivity (Wildman–Crippen MR) is 496 cm³/mol. The highest BCUT2D eigenvalue weighted by molar-refractivity contribution is 8.76. The second-order valence-electron chi connectivity index (χ2n) is 32.6. The first-order valence-electron chi connectivity index (χ1n) is 44.8. The molecule has 20 amide bonds. The second-order valence-corrected chi connectivity index (χ2v) is 36.1. The lowest BCUT2D eigenvalue weighted by molar-refractivity contribution is -0.138. The summed E-state index contributed by atoms with van der Waals surface area (Å²) in [5.74, 6) is -16.9. The largest absolute Gasteiger partial charge is 0.497 e. The quantitative estimate of drug-likeness (QED) is 0.0169. The third-order valence-electron chi connectivity index (χ3n) is 21.4. The standard InChI is InChI=1S/C86H135N21O24S3/c1-10-48(6)72-84(126)104-71(47(4)5)83(125)100-60(42-64(89)110)80(122)103-62(46-134-133-38-32-69(115)99-58(82(124)105-72)40-52-25-29-54(30-26-52)130-12-3)78(120)93-35-16-14-21-66(112)96-55(19-17-33-87)76(118)95-44-70(116)91-36-18-20-56(75(117)94-43-65(90)111)97-67(113)22-13-15-34-92-77(119)61-45-131-132-37-31-68(114)98-57(39-51-23-27-53(129-9)28-24-51)81(123)106-73(49(7)11-2)85(127)107-74(50(8)108)86(128)101-59(41-63(88)109)79(121)102-61/h23-30,47-50,55-62,71-74,108H,10-22,31-46,87H2,1-9H3,(H2,88,109)(H2,89,110)(H2,90,111)(H,91,116)(H,92,119)(H,93,120)(H,94,117)(H,95,118)(H,96,112)(H,97,113)(H,98,114)(H,99,115)(H,100,125)(H,101,128)(H,102,121)(H,103,122)(H,104,126)(H,105,124)(H,106,123)(H,107,127)/t48-,49-,50+,55-,56-,57+,58+,59-,60-,61-,62-,71-,72-,73-,74-/m0/s1. The van der Waals surface area contributed by atoms with E-state index in [4.69, 9.17) is 36.6 Å². The number of benzene rings is 2. The maximum absolute atomic E-state index is 14.2. The van der Waals surface area contributed by atoms with Crippen molar-refractivity contribution in [3.63, 3.8) is 0 Å². The van der Waals surface area contributed by atoms with Gasteiger partial charge in [0, 0.05) is 75.4 Å². The number of nitrogens with one attached hydrogen (secondary N) is 17. The second kappa shape index (κ2) is 62.0. The Labute approximate surface area is 791 Å². The number of carbonyl (C=O) groups excluding carboxylic acids is 20. The number of aliphatic hydroxyl groups is 1. The predicted octanol–water partition coefficient (Wildman–Crippen LogP) is -4.64. The topological polar surface area (TPSA) is 698 Å². The van der Waals surface area contributed by atoms with E-state index < -0.39 is 247 Å². The van der Waals surface area contributed by atoms with Gasteiger partial charge in [0.15, 0.2) is 0 Å². The van der Waals surface area contributed by atoms with Crippen LogP contribution in [0.3, 0.4) is 0 Å². The van der Waals surface area contributed by atoms with E-state index in [0.717, 1.165) is 29.8 Å². The highest BCUT2D eigenvalue weighted by atomic mass is 33.1. The summed E-state index contributed by atoms with van der Waals surface area (Å²) in [5, 5.41) is 54.8. The van der Waals surface area contributed by atoms with Crippen LogP contribution in [0.5, 0.6) is 11.5 Å². The Morgan fingerprint density at radius 1 is 0.463 bits per heavy atom. The number of ether oxygens (including phenoxy) is 2. The maximum atomic E-state index is 14.2. The molecule has 0 aliphatic carbocycles. The summed E-state index contributed by atoms with van der Waals surface area (Å²) < 4.78 is 16.5. The molecule has 4 rings (SSSR count). The minimum atomic E-state index is -1.80. The van der Waals surface area contributed by atoms with Crippen LogP contribution in [0, 0.1) is 17.8 Å². The zero-order valence-corrected chi connectivity index (χ0v) is 79.7. The third kappa shape index (κ3) is 43.6. The summed E-state index contributed by atoms with van der Waals surface area (Å²) in [7, 11) is 3.76. The molecular weight excluding hydrogens is 1810 g/mol. The van der Waals surface area contributed by atoms with Crippen molar-refractivity contribution in [3.8, 4) is 11.5 Å². The van der Waals surface area contributed by atoms with Crippen LogP contribution in [-0.4, -0.2) is 279 Å². The molecular formula is C86H135N21O24S3. The van der Waals surface area contributed by atoms with Crippen molar-refractivity contribution in [2.75, 3.05) is 76.9 Å². The molecule has 2 heterocycles. The molecule has 0 radical (unpaired) electrons. The average molecular weight is 1940 g/mol. The molecule has 2 aromatic rings. The van der Waals surface area contributed by atoms with E-state index in [2.05, 4.69) is 90.4 Å². The van der Waals surface area contributed by atoms with Crippen LogP contribution < -0.4 is 123 Å². The summed E-state index contributed by atoms with van der Waals surface area (Å²) in [6.45, 7) is 11.7. The first-order valence-corrected chi connectivity index (χ1v) is 48.2. The van der Waals surface area contributed by atoms with Crippen molar-refractivity contribution in [2.45, 2.75) is 250 Å². The zero-order valence-electron chi connectivity index (χ0n) is 77.2. The van der Waals surface area contributed by atoms with E-state index in [0.29, 0.717) is 42.1 Å². The Morgan fingerprint density at radius 3 is 1.36 bits per heavy atom. The monoisotopic (exact) mass is 1940 g/mol. The summed E-state index contributed by atoms with van der Waals surface area (Å²) in [6, 6.07) is -3.23. The molecule has 2 aliphatic heterocycles. The smallest absolute Gasteiger partial charge is 0.245 e. The molecule has 48 heteroatoms. The fourth-order valence-corrected chi connectivity index (χ4v) is 16.1. The van der Waals surface area contributed by atoms with Crippen molar-refractivity contribution in [1.82, 2.24) is 90.4 Å². The molecule has 0 spiro atoms. The lowest BCUT2D eigenvalue weighted by Gasteiger charge is -2.30. The minimum Gasteiger partial charge on any atom is -0.497 e. The first kappa shape index (κ1) is 115. The molecule has 2 fully saturated rings. The number of nitrogens with two attached hydrogens (primary N) is 4. The maximum Gasteiger partial charge on any atom is 0.245 e. The summed E-state index contributed by atoms with van der Waals surface area (Å²) in [6.07, 6.45) is -2.33. The Kier molecular flexibility index (Phi) is 53.1. The molecule has 0 aromatic heterocycles. The van der Waals surface area contributed by atoms with E-state index in [-0.39, 0.29) is 133 Å². The van der Waals surface area contributed by atoms with Gasteiger partial charge in [-0.2, -0.15) is 0 Å². The number of hydrogen-bond donors (Lipinski definition) is 22. The highest BCUT2D eigenvalue weighted by Crippen LogP contribution is 2.25. The molecule has 2 saturated heterocycles. The lowest BCUT2D eigenvalue weighted by atomic mass is 9.95. The van der Waals surface area contributed by atoms with Gasteiger partial charge in [0.1, 0.15) is 84.0 Å². The van der Waals surface area contributed by atoms with Gasteiger partial charge < -0.3 is 132 Å². The Balaban J connectivity index is 1.34. The van der Waals surface area contributed by atoms with E-state index >= 15 is 0 Å². The Bertz CT molecular complexity index is 4270. The van der Waals surface area contributed by atoms with Gasteiger partial charge in [0.05, 0.1) is 52.4 Å². The molecule has 2 aromatic carbocycles. The average Bonchev–Trinajstić information content (AvgIpc) is 0.837. The van der Waals surface area contributed by atoms with Crippen molar-refractivity contribution >= 4 is 152 Å². The molecule has 0 unspecified atom stereocenters. The van der Waals surface area contributed by atoms with Gasteiger partial charge in [0.2, 0.25) is 118 Å². The number of hydrogen-bond acceptors (Lipinski definition) is 28. The van der Waals surface area contributed by atoms with Gasteiger partial charge in [-0.1, -0.05) is 100 Å². The number of unbranched alkanes of at least 4 members (excludes halogenated alkanes) is 2. The first-order chi connectivity index (χ1) is 63.7. The normalized spacial score (nSPS) is 21.5. The van der Waals surface area contributed by atoms with Crippen LogP contribution in [0.4, 0.5) is 0 Å². The van der Waals surface area contributed by atoms with Crippen molar-refractivity contribution in [1.29, 1.82) is 0 Å². The SMILES string of the molecule is CCOc1ccc(C[C@H]2NC(=O)CCSSC[C@@H](C(=O)NCCCCC(=O)N[C@@H](CCCN)C(=O)NCC(=O)NCCC[C@H](NC(=O)CCCCNC(=O)[C@@H]3COSCCC(=O)N[C@H](Cc4ccc(OC)cc4)C(=O)N[C@@H]([C@@H](C)CC)C(=O)N[C@@H]([C@@H](C)O)C(=O)N[C@@H](CC(N)=O)C(=O)N3)C(=O)NCC(N)=O)NC(=O)[C@H](CC(N)=O)NC(=O)[C@H](C(C)C)NC(=O)[C@H]([C@@H](C)CC)NC2=O)cc1. The summed E-state index contributed by atoms with van der Waals surface area (Å²) in [5.41, 5.74) is 23.4. The van der Waals surface area contributed by atoms with Crippen LogP contribution in [0.15, 0.2) is 48.5 Å². The molecule has 746 valence electrons. The number of amides is 20. The van der Waals surface area contributed by atoms with E-state index in [9.17, 15) is 101 Å². The number of primary amides is 3. The zero-order chi connectivity index (χ0) is 99.5. The lowest BCUT2D eigenvalue weighted by Crippen LogP contribution is -2.62. The highest BCUT2D eigenvalue weighted by Gasteiger charge is 2.40. The van der Waals surface area contributed by atoms with Crippen LogP contribution in [0.25, 0.3) is 0 Å². The van der Waals surface area contributed by atoms with Gasteiger partial charge in [-0.05, 0) is 137 Å². The van der Waals surface area contributed by atoms with Crippen molar-refractivity contribution in [2.24, 2.45) is 40.7 Å². The molecule has 0 saturated carbocycles. The van der Waals surface area contributed by atoms with Gasteiger partial charge >= 0.3 is 0 Å². The molecule has 2 aliphatic rings. The van der Waals surface area contributed by atoms with Crippen LogP contribution in [0.1, 0.15) is 169 Å². The summed E-state index contributed by atoms with van der Waals surface area (Å²) in [4.78, 5) is 271. The molecule has 45 nitrogen and oxygen atoms in total. The number of aliphatic hydroxyl groups excluding tert-OH is 1. The molecule has 26 N–H and O–H groups in total. The van der Waals surface area contributed by atoms with Gasteiger partial charge in [-0.15, -0.1) is 0 Å². The molecule has 15 atom stereocenters. The Hall–Kier alpha value is -11.6. The van der Waals surface area contributed by atoms with Crippen LogP contribution in [0.2, 0.25) is 0 Å². The number of methoxy groups -OCH3 is 1. The van der Waals surface area contributed by atoms with Crippen LogP contribution in [-0.2, 0) is 113 Å². The number of carbonyl (C=O) groups is 20. The molecule has 0 bridgehead atoms. The van der Waals surface area contributed by atoms with Crippen molar-refractivity contribution < 1.29 is 115 Å². The van der Waals surface area contributed by atoms with Crippen LogP contribution >= 0.6 is 33.6 Å². The molecule has 134 heavy (non-hydrogen) atoms. The fourth-order valence-electron chi connectivity index (χ4n) is 13.4. The van der Waals surface area contributed by atoms with Gasteiger partial charge in [0.25, 0.3) is 0 Å². The summed E-state index contributed by atoms with van der Waals surface area (Å²) >= 11 is 0.723. The van der Waals surface area contributed by atoms with E-state index in [1.165, 1.54) is 17.9 Å². The van der Waals surface area contributed by atoms with E-state index in [1.54, 1.807) is 90.1 Å². The van der Waals surface area contributed by atoms with Gasteiger partial charge in [-0.3, -0.25) is 95.9 Å². The Morgan fingerprint density at radius 2 is 0.896 bits per heavy atom. The van der Waals surface area contributed by atoms with Gasteiger partial charge in [-0.25, -0.2) is 0 Å². The minimum absolute atomic E-state index is 0.0283. The third-order valence-corrected chi connectivity index (χ3v) is 24.5. The fraction of sp³-hybridized carbons (Fsp3) is 0.628. The number of rotatable bonds is 44.